The van der Waals surface area contributed by atoms with Gasteiger partial charge in [0, 0.05) is 25.1 Å². The van der Waals surface area contributed by atoms with E-state index in [1.807, 2.05) is 38.1 Å². The number of hydrogen-bond acceptors (Lipinski definition) is 4. The number of unbranched alkanes of at least 4 members (excludes halogenated alkanes) is 9. The molecule has 0 spiro atoms. The van der Waals surface area contributed by atoms with Gasteiger partial charge in [-0.25, -0.2) is 0 Å². The number of hydrogen-bond donors (Lipinski definition) is 1. The summed E-state index contributed by atoms with van der Waals surface area (Å²) in [6.45, 7) is 8.82. The van der Waals surface area contributed by atoms with Crippen molar-refractivity contribution in [2.75, 3.05) is 6.54 Å². The molecule has 0 heterocycles. The van der Waals surface area contributed by atoms with E-state index >= 15 is 0 Å². The van der Waals surface area contributed by atoms with Crippen LogP contribution in [0.3, 0.4) is 0 Å². The summed E-state index contributed by atoms with van der Waals surface area (Å²) in [5, 5.41) is 4.65. The van der Waals surface area contributed by atoms with Gasteiger partial charge in [0.15, 0.2) is 0 Å². The summed E-state index contributed by atoms with van der Waals surface area (Å²) in [5.74, 6) is -0.357. The standard InChI is InChI=1S/C25H42N2O3/c1-5-6-7-8-9-10-11-12-13-14-19-26-25(29)24-17-15-23(16-18-24)20-27(21(2)3)30-22(4)28/h15-18,21H,5-14,19-20H2,1-4H3,(H,26,29). The van der Waals surface area contributed by atoms with Gasteiger partial charge in [0.2, 0.25) is 0 Å². The molecule has 5 nitrogen and oxygen atoms in total. The molecule has 5 heteroatoms. The Bertz CT molecular complexity index is 599. The molecule has 0 unspecified atom stereocenters. The van der Waals surface area contributed by atoms with E-state index in [2.05, 4.69) is 12.2 Å². The van der Waals surface area contributed by atoms with Crippen LogP contribution in [0.25, 0.3) is 0 Å². The molecule has 1 aromatic carbocycles. The summed E-state index contributed by atoms with van der Waals surface area (Å²) in [6, 6.07) is 7.56. The van der Waals surface area contributed by atoms with Gasteiger partial charge in [-0.1, -0.05) is 76.8 Å². The Balaban J connectivity index is 2.21. The van der Waals surface area contributed by atoms with Gasteiger partial charge in [-0.2, -0.15) is 0 Å². The van der Waals surface area contributed by atoms with E-state index in [1.54, 1.807) is 5.06 Å². The van der Waals surface area contributed by atoms with Gasteiger partial charge in [-0.3, -0.25) is 9.59 Å². The second kappa shape index (κ2) is 15.9. The Morgan fingerprint density at radius 1 is 0.900 bits per heavy atom. The summed E-state index contributed by atoms with van der Waals surface area (Å²) in [6.07, 6.45) is 12.9. The smallest absolute Gasteiger partial charge is 0.322 e. The van der Waals surface area contributed by atoms with Crippen molar-refractivity contribution in [3.05, 3.63) is 35.4 Å². The number of rotatable bonds is 16. The maximum absolute atomic E-state index is 12.3. The maximum Gasteiger partial charge on any atom is 0.322 e. The molecule has 0 aliphatic heterocycles. The summed E-state index contributed by atoms with van der Waals surface area (Å²) in [5.41, 5.74) is 1.66. The summed E-state index contributed by atoms with van der Waals surface area (Å²) in [7, 11) is 0. The molecule has 0 radical (unpaired) electrons. The van der Waals surface area contributed by atoms with Crippen molar-refractivity contribution < 1.29 is 14.4 Å². The molecule has 1 aromatic rings. The van der Waals surface area contributed by atoms with Gasteiger partial charge >= 0.3 is 5.97 Å². The Hall–Kier alpha value is -1.88. The summed E-state index contributed by atoms with van der Waals surface area (Å²) < 4.78 is 0. The van der Waals surface area contributed by atoms with Crippen LogP contribution >= 0.6 is 0 Å². The highest BCUT2D eigenvalue weighted by Crippen LogP contribution is 2.12. The van der Waals surface area contributed by atoms with Gasteiger partial charge in [-0.15, -0.1) is 5.06 Å². The predicted molar refractivity (Wildman–Crippen MR) is 123 cm³/mol. The molecule has 0 atom stereocenters. The van der Waals surface area contributed by atoms with Crippen LogP contribution < -0.4 is 5.32 Å². The number of amides is 1. The SMILES string of the molecule is CCCCCCCCCCCCNC(=O)c1ccc(CN(OC(C)=O)C(C)C)cc1. The molecule has 0 bridgehead atoms. The summed E-state index contributed by atoms with van der Waals surface area (Å²) >= 11 is 0. The van der Waals surface area contributed by atoms with Crippen LogP contribution in [0.2, 0.25) is 0 Å². The molecule has 0 saturated carbocycles. The maximum atomic E-state index is 12.3. The van der Waals surface area contributed by atoms with Crippen LogP contribution in [0.5, 0.6) is 0 Å². The molecule has 1 amide bonds. The van der Waals surface area contributed by atoms with Crippen LogP contribution in [0.4, 0.5) is 0 Å². The first-order chi connectivity index (χ1) is 14.4. The fraction of sp³-hybridized carbons (Fsp3) is 0.680. The number of nitrogens with zero attached hydrogens (tertiary/aromatic N) is 1. The minimum atomic E-state index is -0.327. The molecule has 30 heavy (non-hydrogen) atoms. The van der Waals surface area contributed by atoms with Crippen LogP contribution in [0.15, 0.2) is 24.3 Å². The first-order valence-corrected chi connectivity index (χ1v) is 11.8. The Labute approximate surface area is 183 Å². The number of nitrogens with one attached hydrogen (secondary N) is 1. The normalized spacial score (nSPS) is 11.1. The third kappa shape index (κ3) is 12.0. The highest BCUT2D eigenvalue weighted by Gasteiger charge is 2.14. The second-order valence-electron chi connectivity index (χ2n) is 8.39. The highest BCUT2D eigenvalue weighted by molar-refractivity contribution is 5.94. The first kappa shape index (κ1) is 26.2. The van der Waals surface area contributed by atoms with Crippen LogP contribution in [0.1, 0.15) is 108 Å². The molecule has 0 aromatic heterocycles. The average Bonchev–Trinajstić information content (AvgIpc) is 2.71. The lowest BCUT2D eigenvalue weighted by Crippen LogP contribution is -2.32. The lowest BCUT2D eigenvalue weighted by atomic mass is 10.1. The van der Waals surface area contributed by atoms with Gasteiger partial charge in [-0.05, 0) is 38.0 Å². The molecule has 1 rings (SSSR count). The largest absolute Gasteiger partial charge is 0.368 e. The Morgan fingerprint density at radius 2 is 1.43 bits per heavy atom. The van der Waals surface area contributed by atoms with E-state index < -0.39 is 0 Å². The molecule has 0 saturated heterocycles. The summed E-state index contributed by atoms with van der Waals surface area (Å²) in [4.78, 5) is 28.8. The van der Waals surface area contributed by atoms with Gasteiger partial charge in [0.25, 0.3) is 5.91 Å². The van der Waals surface area contributed by atoms with Crippen molar-refractivity contribution in [3.63, 3.8) is 0 Å². The number of carbonyl (C=O) groups excluding carboxylic acids is 2. The van der Waals surface area contributed by atoms with Crippen LogP contribution in [0, 0.1) is 0 Å². The third-order valence-corrected chi connectivity index (χ3v) is 5.19. The molecular formula is C25H42N2O3. The first-order valence-electron chi connectivity index (χ1n) is 11.8. The van der Waals surface area contributed by atoms with Gasteiger partial charge in [0.05, 0.1) is 6.54 Å². The second-order valence-corrected chi connectivity index (χ2v) is 8.39. The zero-order chi connectivity index (χ0) is 22.2. The van der Waals surface area contributed by atoms with Gasteiger partial charge < -0.3 is 10.2 Å². The van der Waals surface area contributed by atoms with Crippen molar-refractivity contribution in [2.45, 2.75) is 104 Å². The lowest BCUT2D eigenvalue weighted by Gasteiger charge is -2.24. The van der Waals surface area contributed by atoms with Gasteiger partial charge in [0.1, 0.15) is 0 Å². The molecular weight excluding hydrogens is 376 g/mol. The molecule has 170 valence electrons. The van der Waals surface area contributed by atoms with Crippen molar-refractivity contribution in [3.8, 4) is 0 Å². The van der Waals surface area contributed by atoms with E-state index in [9.17, 15) is 9.59 Å². The monoisotopic (exact) mass is 418 g/mol. The number of hydroxylamine groups is 2. The number of carbonyl (C=O) groups is 2. The van der Waals surface area contributed by atoms with Crippen molar-refractivity contribution in [1.82, 2.24) is 10.4 Å². The lowest BCUT2D eigenvalue weighted by molar-refractivity contribution is -0.200. The fourth-order valence-corrected chi connectivity index (χ4v) is 3.34. The van der Waals surface area contributed by atoms with E-state index in [4.69, 9.17) is 4.84 Å². The van der Waals surface area contributed by atoms with Crippen LogP contribution in [-0.4, -0.2) is 29.5 Å². The van der Waals surface area contributed by atoms with Crippen molar-refractivity contribution in [2.24, 2.45) is 0 Å². The van der Waals surface area contributed by atoms with Crippen LogP contribution in [-0.2, 0) is 16.2 Å². The molecule has 1 N–H and O–H groups in total. The topological polar surface area (TPSA) is 58.6 Å². The zero-order valence-electron chi connectivity index (χ0n) is 19.5. The number of benzene rings is 1. The van der Waals surface area contributed by atoms with E-state index in [0.717, 1.165) is 18.5 Å². The fourth-order valence-electron chi connectivity index (χ4n) is 3.34. The Kier molecular flexibility index (Phi) is 13.9. The van der Waals surface area contributed by atoms with E-state index in [1.165, 1.54) is 64.7 Å². The minimum Gasteiger partial charge on any atom is -0.368 e. The predicted octanol–water partition coefficient (Wildman–Crippen LogP) is 6.03. The highest BCUT2D eigenvalue weighted by atomic mass is 16.7. The Morgan fingerprint density at radius 3 is 1.93 bits per heavy atom. The van der Waals surface area contributed by atoms with E-state index in [0.29, 0.717) is 12.1 Å². The quantitative estimate of drug-likeness (QED) is 0.263. The molecule has 0 aliphatic carbocycles. The van der Waals surface area contributed by atoms with E-state index in [-0.39, 0.29) is 17.9 Å². The average molecular weight is 419 g/mol. The van der Waals surface area contributed by atoms with Crippen molar-refractivity contribution in [1.29, 1.82) is 0 Å². The minimum absolute atomic E-state index is 0.0295. The third-order valence-electron chi connectivity index (χ3n) is 5.19. The van der Waals surface area contributed by atoms with Crippen molar-refractivity contribution >= 4 is 11.9 Å². The molecule has 0 fully saturated rings. The molecule has 0 aliphatic rings. The zero-order valence-corrected chi connectivity index (χ0v) is 19.5.